The molecule has 21 heavy (non-hydrogen) atoms. The van der Waals surface area contributed by atoms with E-state index in [0.717, 1.165) is 41.5 Å². The Bertz CT molecular complexity index is 722. The number of nitrogens with zero attached hydrogens (tertiary/aromatic N) is 3. The standard InChI is InChI=1S/C14H18N4OS2/c1-8-12(21-9(2)15-8)7-18-5-4-11-10(6-18)13(19)17-14(16-11)20-3/h4-7H2,1-3H3,(H,16,17,19). The third kappa shape index (κ3) is 3.04. The van der Waals surface area contributed by atoms with Gasteiger partial charge in [-0.25, -0.2) is 9.97 Å². The second-order valence-corrected chi connectivity index (χ2v) is 7.29. The predicted molar refractivity (Wildman–Crippen MR) is 86.0 cm³/mol. The van der Waals surface area contributed by atoms with Gasteiger partial charge in [0, 0.05) is 30.9 Å². The molecule has 1 N–H and O–H groups in total. The normalized spacial score (nSPS) is 15.2. The van der Waals surface area contributed by atoms with Gasteiger partial charge in [0.1, 0.15) is 0 Å². The van der Waals surface area contributed by atoms with Crippen molar-refractivity contribution in [2.45, 2.75) is 38.5 Å². The van der Waals surface area contributed by atoms with Gasteiger partial charge >= 0.3 is 0 Å². The zero-order chi connectivity index (χ0) is 15.0. The minimum atomic E-state index is 0.00579. The van der Waals surface area contributed by atoms with Crippen LogP contribution in [0.15, 0.2) is 9.95 Å². The SMILES string of the molecule is CSc1nc2c(c(=O)[nH]1)CN(Cc1sc(C)nc1C)CC2. The van der Waals surface area contributed by atoms with Crippen molar-refractivity contribution in [2.24, 2.45) is 0 Å². The summed E-state index contributed by atoms with van der Waals surface area (Å²) in [5.74, 6) is 0. The van der Waals surface area contributed by atoms with Crippen LogP contribution < -0.4 is 5.56 Å². The molecule has 3 heterocycles. The van der Waals surface area contributed by atoms with Gasteiger partial charge in [-0.05, 0) is 20.1 Å². The number of thiazole rings is 1. The van der Waals surface area contributed by atoms with Crippen molar-refractivity contribution in [3.05, 3.63) is 37.2 Å². The van der Waals surface area contributed by atoms with Gasteiger partial charge in [0.25, 0.3) is 5.56 Å². The molecule has 2 aromatic heterocycles. The van der Waals surface area contributed by atoms with E-state index in [-0.39, 0.29) is 5.56 Å². The molecular weight excluding hydrogens is 304 g/mol. The van der Waals surface area contributed by atoms with Gasteiger partial charge in [-0.3, -0.25) is 9.69 Å². The predicted octanol–water partition coefficient (Wildman–Crippen LogP) is 2.12. The zero-order valence-electron chi connectivity index (χ0n) is 12.4. The van der Waals surface area contributed by atoms with Crippen LogP contribution in [0.4, 0.5) is 0 Å². The Hall–Kier alpha value is -1.18. The van der Waals surface area contributed by atoms with E-state index < -0.39 is 0 Å². The molecule has 1 aliphatic rings. The molecule has 0 saturated carbocycles. The Kier molecular flexibility index (Phi) is 4.14. The molecule has 0 atom stereocenters. The van der Waals surface area contributed by atoms with E-state index in [9.17, 15) is 4.79 Å². The van der Waals surface area contributed by atoms with Crippen molar-refractivity contribution in [1.82, 2.24) is 19.9 Å². The van der Waals surface area contributed by atoms with Crippen LogP contribution in [-0.4, -0.2) is 32.7 Å². The number of aromatic amines is 1. The van der Waals surface area contributed by atoms with Crippen molar-refractivity contribution < 1.29 is 0 Å². The van der Waals surface area contributed by atoms with Crippen LogP contribution in [0, 0.1) is 13.8 Å². The number of hydrogen-bond acceptors (Lipinski definition) is 6. The molecule has 0 unspecified atom stereocenters. The lowest BCUT2D eigenvalue weighted by molar-refractivity contribution is 0.242. The number of fused-ring (bicyclic) bond motifs is 1. The second-order valence-electron chi connectivity index (χ2n) is 5.20. The molecule has 0 amide bonds. The fraction of sp³-hybridized carbons (Fsp3) is 0.500. The fourth-order valence-corrected chi connectivity index (χ4v) is 3.99. The Balaban J connectivity index is 1.81. The third-order valence-electron chi connectivity index (χ3n) is 3.69. The Labute approximate surface area is 131 Å². The molecule has 3 rings (SSSR count). The summed E-state index contributed by atoms with van der Waals surface area (Å²) in [6, 6.07) is 0. The molecule has 0 fully saturated rings. The molecule has 112 valence electrons. The van der Waals surface area contributed by atoms with Crippen molar-refractivity contribution in [1.29, 1.82) is 0 Å². The molecule has 0 bridgehead atoms. The molecule has 5 nitrogen and oxygen atoms in total. The number of nitrogens with one attached hydrogen (secondary N) is 1. The van der Waals surface area contributed by atoms with E-state index in [4.69, 9.17) is 0 Å². The average molecular weight is 322 g/mol. The van der Waals surface area contributed by atoms with Crippen molar-refractivity contribution in [3.8, 4) is 0 Å². The first kappa shape index (κ1) is 14.7. The summed E-state index contributed by atoms with van der Waals surface area (Å²) in [6.07, 6.45) is 2.76. The number of hydrogen-bond donors (Lipinski definition) is 1. The molecule has 0 aromatic carbocycles. The first-order valence-corrected chi connectivity index (χ1v) is 8.92. The number of aromatic nitrogens is 3. The first-order chi connectivity index (χ1) is 10.1. The molecule has 0 aliphatic carbocycles. The van der Waals surface area contributed by atoms with Gasteiger partial charge in [-0.1, -0.05) is 11.8 Å². The second kappa shape index (κ2) is 5.90. The number of H-pyrrole nitrogens is 1. The lowest BCUT2D eigenvalue weighted by atomic mass is 10.1. The molecule has 0 radical (unpaired) electrons. The van der Waals surface area contributed by atoms with Gasteiger partial charge in [0.2, 0.25) is 0 Å². The Morgan fingerprint density at radius 1 is 1.38 bits per heavy atom. The molecule has 0 spiro atoms. The molecule has 7 heteroatoms. The summed E-state index contributed by atoms with van der Waals surface area (Å²) in [6.45, 7) is 6.55. The molecule has 2 aromatic rings. The zero-order valence-corrected chi connectivity index (χ0v) is 14.0. The van der Waals surface area contributed by atoms with Gasteiger partial charge in [-0.15, -0.1) is 11.3 Å². The van der Waals surface area contributed by atoms with Crippen LogP contribution in [0.2, 0.25) is 0 Å². The van der Waals surface area contributed by atoms with Crippen molar-refractivity contribution in [2.75, 3.05) is 12.8 Å². The largest absolute Gasteiger partial charge is 0.301 e. The highest BCUT2D eigenvalue weighted by molar-refractivity contribution is 7.98. The van der Waals surface area contributed by atoms with Crippen molar-refractivity contribution in [3.63, 3.8) is 0 Å². The third-order valence-corrected chi connectivity index (χ3v) is 5.32. The van der Waals surface area contributed by atoms with Crippen LogP contribution in [0.3, 0.4) is 0 Å². The highest BCUT2D eigenvalue weighted by atomic mass is 32.2. The van der Waals surface area contributed by atoms with E-state index in [1.54, 1.807) is 11.3 Å². The first-order valence-electron chi connectivity index (χ1n) is 6.88. The van der Waals surface area contributed by atoms with E-state index >= 15 is 0 Å². The fourth-order valence-electron chi connectivity index (χ4n) is 2.61. The minimum absolute atomic E-state index is 0.00579. The van der Waals surface area contributed by atoms with E-state index in [1.165, 1.54) is 16.6 Å². The van der Waals surface area contributed by atoms with Crippen LogP contribution >= 0.6 is 23.1 Å². The van der Waals surface area contributed by atoms with Crippen LogP contribution in [-0.2, 0) is 19.5 Å². The number of aryl methyl sites for hydroxylation is 2. The summed E-state index contributed by atoms with van der Waals surface area (Å²) in [4.78, 5) is 27.6. The summed E-state index contributed by atoms with van der Waals surface area (Å²) >= 11 is 3.22. The maximum atomic E-state index is 12.2. The highest BCUT2D eigenvalue weighted by Crippen LogP contribution is 2.23. The topological polar surface area (TPSA) is 61.9 Å². The quantitative estimate of drug-likeness (QED) is 0.693. The van der Waals surface area contributed by atoms with Gasteiger partial charge in [0.15, 0.2) is 5.16 Å². The lowest BCUT2D eigenvalue weighted by Crippen LogP contribution is -2.35. The van der Waals surface area contributed by atoms with Crippen LogP contribution in [0.1, 0.15) is 26.8 Å². The van der Waals surface area contributed by atoms with Crippen molar-refractivity contribution >= 4 is 23.1 Å². The summed E-state index contributed by atoms with van der Waals surface area (Å²) in [5, 5.41) is 1.81. The van der Waals surface area contributed by atoms with Gasteiger partial charge < -0.3 is 4.98 Å². The minimum Gasteiger partial charge on any atom is -0.301 e. The summed E-state index contributed by atoms with van der Waals surface area (Å²) < 4.78 is 0. The summed E-state index contributed by atoms with van der Waals surface area (Å²) in [7, 11) is 0. The van der Waals surface area contributed by atoms with Crippen LogP contribution in [0.25, 0.3) is 0 Å². The van der Waals surface area contributed by atoms with E-state index in [0.29, 0.717) is 11.7 Å². The van der Waals surface area contributed by atoms with Crippen LogP contribution in [0.5, 0.6) is 0 Å². The smallest absolute Gasteiger partial charge is 0.256 e. The Morgan fingerprint density at radius 2 is 2.19 bits per heavy atom. The van der Waals surface area contributed by atoms with E-state index in [1.807, 2.05) is 13.2 Å². The highest BCUT2D eigenvalue weighted by Gasteiger charge is 2.22. The summed E-state index contributed by atoms with van der Waals surface area (Å²) in [5.41, 5.74) is 2.88. The Morgan fingerprint density at radius 3 is 2.86 bits per heavy atom. The lowest BCUT2D eigenvalue weighted by Gasteiger charge is -2.27. The maximum Gasteiger partial charge on any atom is 0.256 e. The van der Waals surface area contributed by atoms with Gasteiger partial charge in [-0.2, -0.15) is 0 Å². The molecule has 1 aliphatic heterocycles. The molecular formula is C14H18N4OS2. The number of thioether (sulfide) groups is 1. The van der Waals surface area contributed by atoms with E-state index in [2.05, 4.69) is 26.8 Å². The monoisotopic (exact) mass is 322 g/mol. The average Bonchev–Trinajstić information content (AvgIpc) is 2.77. The number of rotatable bonds is 3. The van der Waals surface area contributed by atoms with Gasteiger partial charge in [0.05, 0.1) is 22.0 Å². The molecule has 0 saturated heterocycles. The maximum absolute atomic E-state index is 12.2.